The van der Waals surface area contributed by atoms with Crippen molar-refractivity contribution >= 4 is 5.97 Å². The molecule has 0 amide bonds. The van der Waals surface area contributed by atoms with Crippen molar-refractivity contribution in [2.45, 2.75) is 84.6 Å². The standard InChI is InChI=1S/C17H29N3O5/c1-13(21)8-4-6-10-19-16(23)12-18-20(17(19)24)11-7-5-9-14(2)25-15(3)22/h12-14,21H,4-11H2,1-3H3/t13-,14-/m1/s1. The third-order valence-electron chi connectivity index (χ3n) is 3.88. The maximum atomic E-state index is 12.3. The van der Waals surface area contributed by atoms with Crippen LogP contribution in [0, 0.1) is 0 Å². The monoisotopic (exact) mass is 355 g/mol. The lowest BCUT2D eigenvalue weighted by atomic mass is 10.2. The fraction of sp³-hybridized carbons (Fsp3) is 0.765. The average molecular weight is 355 g/mol. The van der Waals surface area contributed by atoms with Crippen molar-refractivity contribution in [2.75, 3.05) is 0 Å². The molecule has 0 unspecified atom stereocenters. The van der Waals surface area contributed by atoms with Gasteiger partial charge >= 0.3 is 11.7 Å². The molecule has 0 aromatic carbocycles. The predicted molar refractivity (Wildman–Crippen MR) is 93.4 cm³/mol. The van der Waals surface area contributed by atoms with E-state index in [4.69, 9.17) is 4.74 Å². The Morgan fingerprint density at radius 2 is 1.80 bits per heavy atom. The molecule has 0 radical (unpaired) electrons. The second-order valence-electron chi connectivity index (χ2n) is 6.40. The van der Waals surface area contributed by atoms with Crippen LogP contribution in [0.25, 0.3) is 0 Å². The van der Waals surface area contributed by atoms with Crippen LogP contribution in [0.15, 0.2) is 15.8 Å². The Morgan fingerprint density at radius 1 is 1.16 bits per heavy atom. The number of aromatic nitrogens is 3. The summed E-state index contributed by atoms with van der Waals surface area (Å²) >= 11 is 0. The first-order valence-electron chi connectivity index (χ1n) is 8.83. The van der Waals surface area contributed by atoms with Crippen molar-refractivity contribution in [3.05, 3.63) is 27.0 Å². The molecule has 0 saturated heterocycles. The van der Waals surface area contributed by atoms with Crippen molar-refractivity contribution in [2.24, 2.45) is 0 Å². The molecule has 0 bridgehead atoms. The van der Waals surface area contributed by atoms with Gasteiger partial charge in [0.1, 0.15) is 6.20 Å². The number of rotatable bonds is 11. The summed E-state index contributed by atoms with van der Waals surface area (Å²) in [4.78, 5) is 35.0. The van der Waals surface area contributed by atoms with Gasteiger partial charge < -0.3 is 9.84 Å². The van der Waals surface area contributed by atoms with Crippen LogP contribution in [0.4, 0.5) is 0 Å². The number of esters is 1. The zero-order valence-electron chi connectivity index (χ0n) is 15.3. The molecular weight excluding hydrogens is 326 g/mol. The number of ether oxygens (including phenoxy) is 1. The number of carbonyl (C=O) groups is 1. The molecule has 1 aromatic rings. The highest BCUT2D eigenvalue weighted by molar-refractivity contribution is 5.66. The Morgan fingerprint density at radius 3 is 2.44 bits per heavy atom. The molecule has 8 heteroatoms. The van der Waals surface area contributed by atoms with Crippen LogP contribution in [0.3, 0.4) is 0 Å². The lowest BCUT2D eigenvalue weighted by molar-refractivity contribution is -0.145. The molecule has 25 heavy (non-hydrogen) atoms. The molecule has 1 heterocycles. The molecule has 2 atom stereocenters. The smallest absolute Gasteiger partial charge is 0.347 e. The van der Waals surface area contributed by atoms with E-state index in [1.165, 1.54) is 16.2 Å². The van der Waals surface area contributed by atoms with Crippen LogP contribution in [0.5, 0.6) is 0 Å². The summed E-state index contributed by atoms with van der Waals surface area (Å²) in [5, 5.41) is 13.1. The van der Waals surface area contributed by atoms with Crippen molar-refractivity contribution in [3.8, 4) is 0 Å². The topological polar surface area (TPSA) is 103 Å². The van der Waals surface area contributed by atoms with Gasteiger partial charge in [0.25, 0.3) is 5.56 Å². The van der Waals surface area contributed by atoms with Crippen molar-refractivity contribution in [3.63, 3.8) is 0 Å². The minimum Gasteiger partial charge on any atom is -0.463 e. The van der Waals surface area contributed by atoms with Gasteiger partial charge in [-0.3, -0.25) is 14.2 Å². The number of aryl methyl sites for hydroxylation is 1. The summed E-state index contributed by atoms with van der Waals surface area (Å²) < 4.78 is 7.54. The first-order valence-corrected chi connectivity index (χ1v) is 8.83. The van der Waals surface area contributed by atoms with Crippen molar-refractivity contribution in [1.29, 1.82) is 0 Å². The zero-order chi connectivity index (χ0) is 18.8. The molecular formula is C17H29N3O5. The summed E-state index contributed by atoms with van der Waals surface area (Å²) in [6.45, 7) is 5.67. The van der Waals surface area contributed by atoms with Gasteiger partial charge in [-0.25, -0.2) is 9.48 Å². The van der Waals surface area contributed by atoms with Gasteiger partial charge in [-0.2, -0.15) is 5.10 Å². The highest BCUT2D eigenvalue weighted by Crippen LogP contribution is 2.05. The van der Waals surface area contributed by atoms with Gasteiger partial charge in [0.05, 0.1) is 12.2 Å². The van der Waals surface area contributed by atoms with Crippen LogP contribution < -0.4 is 11.2 Å². The van der Waals surface area contributed by atoms with Crippen molar-refractivity contribution < 1.29 is 14.6 Å². The third-order valence-corrected chi connectivity index (χ3v) is 3.88. The number of hydrogen-bond donors (Lipinski definition) is 1. The van der Waals surface area contributed by atoms with Crippen LogP contribution in [0.1, 0.15) is 59.3 Å². The quantitative estimate of drug-likeness (QED) is 0.470. The minimum atomic E-state index is -0.405. The Kier molecular flexibility index (Phi) is 9.12. The SMILES string of the molecule is CC(=O)O[C@H](C)CCCCn1ncc(=O)n(CCCC[C@@H](C)O)c1=O. The molecule has 142 valence electrons. The van der Waals surface area contributed by atoms with Gasteiger partial charge in [-0.05, 0) is 52.4 Å². The predicted octanol–water partition coefficient (Wildman–Crippen LogP) is 1.08. The number of hydrogen-bond acceptors (Lipinski definition) is 6. The Bertz CT molecular complexity index is 650. The maximum Gasteiger partial charge on any atom is 0.347 e. The Balaban J connectivity index is 2.52. The van der Waals surface area contributed by atoms with Crippen LogP contribution in [-0.2, 0) is 22.6 Å². The van der Waals surface area contributed by atoms with E-state index in [1.54, 1.807) is 6.92 Å². The summed E-state index contributed by atoms with van der Waals surface area (Å²) in [7, 11) is 0. The fourth-order valence-corrected chi connectivity index (χ4v) is 2.58. The highest BCUT2D eigenvalue weighted by atomic mass is 16.5. The number of aliphatic hydroxyl groups excluding tert-OH is 1. The molecule has 1 N–H and O–H groups in total. The Labute approximate surface area is 147 Å². The number of carbonyl (C=O) groups excluding carboxylic acids is 1. The molecule has 1 rings (SSSR count). The average Bonchev–Trinajstić information content (AvgIpc) is 2.51. The first-order chi connectivity index (χ1) is 11.8. The summed E-state index contributed by atoms with van der Waals surface area (Å²) in [5.41, 5.74) is -0.806. The van der Waals surface area contributed by atoms with E-state index in [1.807, 2.05) is 6.92 Å². The van der Waals surface area contributed by atoms with E-state index in [2.05, 4.69) is 5.10 Å². The maximum absolute atomic E-state index is 12.3. The van der Waals surface area contributed by atoms with Gasteiger partial charge in [-0.1, -0.05) is 0 Å². The molecule has 0 spiro atoms. The number of nitrogens with zero attached hydrogens (tertiary/aromatic N) is 3. The molecule has 0 fully saturated rings. The van der Waals surface area contributed by atoms with Crippen LogP contribution in [-0.4, -0.2) is 37.6 Å². The molecule has 1 aromatic heterocycles. The summed E-state index contributed by atoms with van der Waals surface area (Å²) in [5.74, 6) is -0.298. The number of unbranched alkanes of at least 4 members (excludes halogenated alkanes) is 2. The molecule has 0 aliphatic carbocycles. The fourth-order valence-electron chi connectivity index (χ4n) is 2.58. The lowest BCUT2D eigenvalue weighted by Gasteiger charge is -2.12. The first kappa shape index (κ1) is 21.1. The van der Waals surface area contributed by atoms with E-state index in [0.717, 1.165) is 19.0 Å². The summed E-state index contributed by atoms with van der Waals surface area (Å²) in [6, 6.07) is 0. The van der Waals surface area contributed by atoms with Gasteiger partial charge in [-0.15, -0.1) is 0 Å². The molecule has 8 nitrogen and oxygen atoms in total. The van der Waals surface area contributed by atoms with Crippen molar-refractivity contribution in [1.82, 2.24) is 14.3 Å². The second kappa shape index (κ2) is 10.8. The van der Waals surface area contributed by atoms with E-state index >= 15 is 0 Å². The van der Waals surface area contributed by atoms with E-state index in [0.29, 0.717) is 38.8 Å². The van der Waals surface area contributed by atoms with E-state index in [9.17, 15) is 19.5 Å². The summed E-state index contributed by atoms with van der Waals surface area (Å²) in [6.07, 6.45) is 4.91. The van der Waals surface area contributed by atoms with E-state index < -0.39 is 11.2 Å². The number of aliphatic hydroxyl groups is 1. The minimum absolute atomic E-state index is 0.148. The lowest BCUT2D eigenvalue weighted by Crippen LogP contribution is -2.41. The normalized spacial score (nSPS) is 13.4. The van der Waals surface area contributed by atoms with Gasteiger partial charge in [0, 0.05) is 20.0 Å². The van der Waals surface area contributed by atoms with Gasteiger partial charge in [0.2, 0.25) is 0 Å². The largest absolute Gasteiger partial charge is 0.463 e. The van der Waals surface area contributed by atoms with Crippen LogP contribution >= 0.6 is 0 Å². The van der Waals surface area contributed by atoms with Crippen LogP contribution in [0.2, 0.25) is 0 Å². The van der Waals surface area contributed by atoms with Gasteiger partial charge in [0.15, 0.2) is 0 Å². The molecule has 0 aliphatic heterocycles. The Hall–Kier alpha value is -1.96. The molecule has 0 aliphatic rings. The zero-order valence-corrected chi connectivity index (χ0v) is 15.3. The highest BCUT2D eigenvalue weighted by Gasteiger charge is 2.08. The molecule has 0 saturated carbocycles. The second-order valence-corrected chi connectivity index (χ2v) is 6.40. The van der Waals surface area contributed by atoms with E-state index in [-0.39, 0.29) is 18.2 Å². The third kappa shape index (κ3) is 8.11.